The Kier molecular flexibility index (Phi) is 6.62. The SMILES string of the molecule is O=C(CSc1nnc(NC(=O)Cc2cccs2)s1)Nc1ccc(Cl)cc1. The van der Waals surface area contributed by atoms with Crippen LogP contribution in [-0.4, -0.2) is 27.8 Å². The van der Waals surface area contributed by atoms with Crippen molar-refractivity contribution in [1.29, 1.82) is 0 Å². The Bertz CT molecular complexity index is 881. The Morgan fingerprint density at radius 2 is 1.88 bits per heavy atom. The molecule has 2 aromatic heterocycles. The first kappa shape index (κ1) is 18.8. The number of hydrogen-bond acceptors (Lipinski definition) is 7. The molecule has 0 aliphatic carbocycles. The number of carbonyl (C=O) groups is 2. The van der Waals surface area contributed by atoms with Gasteiger partial charge in [-0.15, -0.1) is 21.5 Å². The van der Waals surface area contributed by atoms with Gasteiger partial charge in [0.05, 0.1) is 12.2 Å². The summed E-state index contributed by atoms with van der Waals surface area (Å²) < 4.78 is 0.614. The lowest BCUT2D eigenvalue weighted by atomic mass is 10.3. The summed E-state index contributed by atoms with van der Waals surface area (Å²) >= 11 is 9.84. The number of rotatable bonds is 7. The first-order chi connectivity index (χ1) is 12.6. The standard InChI is InChI=1S/C16H13ClN4O2S3/c17-10-3-5-11(6-4-10)18-14(23)9-25-16-21-20-15(26-16)19-13(22)8-12-2-1-7-24-12/h1-7H,8-9H2,(H,18,23)(H,19,20,22). The molecule has 1 aromatic carbocycles. The smallest absolute Gasteiger partial charge is 0.234 e. The molecule has 0 spiro atoms. The molecule has 3 aromatic rings. The van der Waals surface area contributed by atoms with Crippen LogP contribution in [0.4, 0.5) is 10.8 Å². The first-order valence-corrected chi connectivity index (χ1v) is 10.5. The minimum atomic E-state index is -0.157. The number of benzene rings is 1. The van der Waals surface area contributed by atoms with Gasteiger partial charge in [0.2, 0.25) is 16.9 Å². The van der Waals surface area contributed by atoms with Crippen molar-refractivity contribution in [2.45, 2.75) is 10.8 Å². The minimum Gasteiger partial charge on any atom is -0.325 e. The molecule has 0 saturated carbocycles. The molecular formula is C16H13ClN4O2S3. The molecule has 6 nitrogen and oxygen atoms in total. The van der Waals surface area contributed by atoms with Gasteiger partial charge in [0.1, 0.15) is 0 Å². The van der Waals surface area contributed by atoms with Crippen LogP contribution in [0.25, 0.3) is 0 Å². The number of nitrogens with one attached hydrogen (secondary N) is 2. The number of aromatic nitrogens is 2. The molecule has 0 aliphatic heterocycles. The van der Waals surface area contributed by atoms with Crippen LogP contribution >= 0.6 is 46.0 Å². The number of nitrogens with zero attached hydrogens (tertiary/aromatic N) is 2. The number of amides is 2. The monoisotopic (exact) mass is 424 g/mol. The van der Waals surface area contributed by atoms with Crippen molar-refractivity contribution < 1.29 is 9.59 Å². The number of halogens is 1. The molecule has 2 amide bonds. The van der Waals surface area contributed by atoms with Crippen LogP contribution in [0.1, 0.15) is 4.88 Å². The molecule has 0 radical (unpaired) electrons. The van der Waals surface area contributed by atoms with Gasteiger partial charge in [0.15, 0.2) is 4.34 Å². The molecular weight excluding hydrogens is 412 g/mol. The zero-order valence-corrected chi connectivity index (χ0v) is 16.5. The van der Waals surface area contributed by atoms with E-state index in [0.717, 1.165) is 4.88 Å². The highest BCUT2D eigenvalue weighted by atomic mass is 35.5. The fraction of sp³-hybridized carbons (Fsp3) is 0.125. The first-order valence-electron chi connectivity index (χ1n) is 7.42. The maximum absolute atomic E-state index is 12.0. The summed E-state index contributed by atoms with van der Waals surface area (Å²) in [6.07, 6.45) is 0.309. The van der Waals surface area contributed by atoms with Crippen LogP contribution in [0.5, 0.6) is 0 Å². The highest BCUT2D eigenvalue weighted by molar-refractivity contribution is 8.01. The van der Waals surface area contributed by atoms with Crippen molar-refractivity contribution in [3.05, 3.63) is 51.7 Å². The van der Waals surface area contributed by atoms with Crippen LogP contribution in [-0.2, 0) is 16.0 Å². The second-order valence-electron chi connectivity index (χ2n) is 5.02. The van der Waals surface area contributed by atoms with E-state index < -0.39 is 0 Å². The number of anilines is 2. The molecule has 0 atom stereocenters. The van der Waals surface area contributed by atoms with Gasteiger partial charge in [-0.3, -0.25) is 9.59 Å². The minimum absolute atomic E-state index is 0.138. The Hall–Kier alpha value is -1.94. The number of thiophene rings is 1. The molecule has 0 aliphatic rings. The quantitative estimate of drug-likeness (QED) is 0.439. The maximum Gasteiger partial charge on any atom is 0.234 e. The van der Waals surface area contributed by atoms with E-state index in [1.807, 2.05) is 17.5 Å². The third-order valence-corrected chi connectivity index (χ3v) is 6.12. The van der Waals surface area contributed by atoms with Crippen molar-refractivity contribution in [2.75, 3.05) is 16.4 Å². The maximum atomic E-state index is 12.0. The summed E-state index contributed by atoms with van der Waals surface area (Å²) in [6, 6.07) is 10.7. The van der Waals surface area contributed by atoms with E-state index in [1.54, 1.807) is 24.3 Å². The third kappa shape index (κ3) is 5.80. The van der Waals surface area contributed by atoms with E-state index in [0.29, 0.717) is 26.6 Å². The predicted octanol–water partition coefficient (Wildman–Crippen LogP) is 4.17. The summed E-state index contributed by atoms with van der Waals surface area (Å²) in [4.78, 5) is 24.9. The van der Waals surface area contributed by atoms with E-state index >= 15 is 0 Å². The van der Waals surface area contributed by atoms with Crippen molar-refractivity contribution in [3.8, 4) is 0 Å². The molecule has 2 N–H and O–H groups in total. The van der Waals surface area contributed by atoms with Crippen LogP contribution in [0, 0.1) is 0 Å². The highest BCUT2D eigenvalue weighted by Gasteiger charge is 2.11. The van der Waals surface area contributed by atoms with Gasteiger partial charge >= 0.3 is 0 Å². The van der Waals surface area contributed by atoms with E-state index in [9.17, 15) is 9.59 Å². The lowest BCUT2D eigenvalue weighted by Crippen LogP contribution is -2.13. The van der Waals surface area contributed by atoms with E-state index in [4.69, 9.17) is 11.6 Å². The fourth-order valence-corrected chi connectivity index (χ4v) is 4.31. The zero-order chi connectivity index (χ0) is 18.4. The summed E-state index contributed by atoms with van der Waals surface area (Å²) in [5, 5.41) is 16.4. The van der Waals surface area contributed by atoms with Gasteiger partial charge in [-0.25, -0.2) is 0 Å². The molecule has 0 unspecified atom stereocenters. The second-order valence-corrected chi connectivity index (χ2v) is 8.69. The van der Waals surface area contributed by atoms with Gasteiger partial charge in [-0.1, -0.05) is 40.8 Å². The zero-order valence-electron chi connectivity index (χ0n) is 13.3. The Labute approximate surface area is 167 Å². The van der Waals surface area contributed by atoms with Gasteiger partial charge < -0.3 is 10.6 Å². The van der Waals surface area contributed by atoms with Gasteiger partial charge in [-0.2, -0.15) is 0 Å². The molecule has 0 saturated heterocycles. The highest BCUT2D eigenvalue weighted by Crippen LogP contribution is 2.26. The van der Waals surface area contributed by atoms with Crippen molar-refractivity contribution in [2.24, 2.45) is 0 Å². The summed E-state index contributed by atoms with van der Waals surface area (Å²) in [7, 11) is 0. The van der Waals surface area contributed by atoms with Crippen LogP contribution in [0.15, 0.2) is 46.1 Å². The molecule has 10 heteroatoms. The van der Waals surface area contributed by atoms with Crippen LogP contribution in [0.2, 0.25) is 5.02 Å². The number of thioether (sulfide) groups is 1. The predicted molar refractivity (Wildman–Crippen MR) is 107 cm³/mol. The average molecular weight is 425 g/mol. The average Bonchev–Trinajstić information content (AvgIpc) is 3.27. The number of hydrogen-bond donors (Lipinski definition) is 2. The molecule has 2 heterocycles. The normalized spacial score (nSPS) is 10.5. The van der Waals surface area contributed by atoms with E-state index in [1.165, 1.54) is 34.4 Å². The Balaban J connectivity index is 1.45. The number of carbonyl (C=O) groups excluding carboxylic acids is 2. The van der Waals surface area contributed by atoms with Crippen molar-refractivity contribution >= 4 is 68.7 Å². The lowest BCUT2D eigenvalue weighted by molar-refractivity contribution is -0.115. The summed E-state index contributed by atoms with van der Waals surface area (Å²) in [6.45, 7) is 0. The third-order valence-electron chi connectivity index (χ3n) is 3.02. The largest absolute Gasteiger partial charge is 0.325 e. The van der Waals surface area contributed by atoms with E-state index in [2.05, 4.69) is 20.8 Å². The Morgan fingerprint density at radius 3 is 2.62 bits per heavy atom. The molecule has 26 heavy (non-hydrogen) atoms. The van der Waals surface area contributed by atoms with Crippen molar-refractivity contribution in [1.82, 2.24) is 10.2 Å². The second kappa shape index (κ2) is 9.13. The topological polar surface area (TPSA) is 84.0 Å². The lowest BCUT2D eigenvalue weighted by Gasteiger charge is -2.03. The Morgan fingerprint density at radius 1 is 1.08 bits per heavy atom. The summed E-state index contributed by atoms with van der Waals surface area (Å²) in [5.41, 5.74) is 0.679. The van der Waals surface area contributed by atoms with E-state index in [-0.39, 0.29) is 17.6 Å². The van der Waals surface area contributed by atoms with Gasteiger partial charge in [0, 0.05) is 15.6 Å². The fourth-order valence-electron chi connectivity index (χ4n) is 1.91. The molecule has 3 rings (SSSR count). The molecule has 0 bridgehead atoms. The van der Waals surface area contributed by atoms with Gasteiger partial charge in [0.25, 0.3) is 0 Å². The molecule has 0 fully saturated rings. The molecule has 134 valence electrons. The summed E-state index contributed by atoms with van der Waals surface area (Å²) in [5.74, 6) is -0.100. The van der Waals surface area contributed by atoms with Crippen molar-refractivity contribution in [3.63, 3.8) is 0 Å². The van der Waals surface area contributed by atoms with Gasteiger partial charge in [-0.05, 0) is 35.7 Å². The van der Waals surface area contributed by atoms with Crippen LogP contribution < -0.4 is 10.6 Å². The van der Waals surface area contributed by atoms with Crippen LogP contribution in [0.3, 0.4) is 0 Å².